The van der Waals surface area contributed by atoms with Gasteiger partial charge in [-0.05, 0) is 42.8 Å². The summed E-state index contributed by atoms with van der Waals surface area (Å²) in [4.78, 5) is 21.5. The number of halogens is 1. The maximum Gasteiger partial charge on any atom is 0.254 e. The molecular formula is C19H18ClN3OS. The highest BCUT2D eigenvalue weighted by Crippen LogP contribution is 2.30. The molecule has 2 aromatic carbocycles. The summed E-state index contributed by atoms with van der Waals surface area (Å²) in [5.41, 5.74) is 2.94. The van der Waals surface area contributed by atoms with Gasteiger partial charge in [-0.2, -0.15) is 0 Å². The average Bonchev–Trinajstić information content (AvgIpc) is 3.04. The molecule has 0 spiro atoms. The Labute approximate surface area is 155 Å². The predicted molar refractivity (Wildman–Crippen MR) is 104 cm³/mol. The molecule has 1 amide bonds. The van der Waals surface area contributed by atoms with Crippen LogP contribution in [0, 0.1) is 6.92 Å². The van der Waals surface area contributed by atoms with Crippen molar-refractivity contribution < 1.29 is 4.79 Å². The maximum atomic E-state index is 12.6. The fourth-order valence-electron chi connectivity index (χ4n) is 3.06. The molecule has 0 bridgehead atoms. The van der Waals surface area contributed by atoms with Crippen LogP contribution in [-0.4, -0.2) is 42.0 Å². The summed E-state index contributed by atoms with van der Waals surface area (Å²) in [5, 5.41) is 1.63. The number of benzene rings is 2. The van der Waals surface area contributed by atoms with Gasteiger partial charge in [-0.25, -0.2) is 4.98 Å². The number of carbonyl (C=O) groups is 1. The summed E-state index contributed by atoms with van der Waals surface area (Å²) in [5.74, 6) is 0.0436. The number of carbonyl (C=O) groups excluding carboxylic acids is 1. The molecule has 2 heterocycles. The molecule has 0 unspecified atom stereocenters. The number of nitrogens with zero attached hydrogens (tertiary/aromatic N) is 3. The third kappa shape index (κ3) is 3.34. The zero-order valence-corrected chi connectivity index (χ0v) is 15.5. The van der Waals surface area contributed by atoms with Crippen molar-refractivity contribution in [3.63, 3.8) is 0 Å². The van der Waals surface area contributed by atoms with Gasteiger partial charge in [-0.3, -0.25) is 4.79 Å². The minimum absolute atomic E-state index is 0.0436. The molecule has 0 atom stereocenters. The zero-order chi connectivity index (χ0) is 17.4. The summed E-state index contributed by atoms with van der Waals surface area (Å²) in [6.45, 7) is 5.08. The molecule has 1 aliphatic heterocycles. The molecule has 1 saturated heterocycles. The topological polar surface area (TPSA) is 36.4 Å². The lowest BCUT2D eigenvalue weighted by molar-refractivity contribution is 0.0747. The Kier molecular flexibility index (Phi) is 4.36. The number of piperazine rings is 1. The fourth-order valence-corrected chi connectivity index (χ4v) is 4.37. The van der Waals surface area contributed by atoms with Crippen molar-refractivity contribution in [1.29, 1.82) is 0 Å². The number of anilines is 1. The Morgan fingerprint density at radius 1 is 1.12 bits per heavy atom. The number of amides is 1. The normalized spacial score (nSPS) is 15.0. The average molecular weight is 372 g/mol. The van der Waals surface area contributed by atoms with Gasteiger partial charge in [0, 0.05) is 36.8 Å². The molecular weight excluding hydrogens is 354 g/mol. The highest BCUT2D eigenvalue weighted by Gasteiger charge is 2.24. The number of hydrogen-bond acceptors (Lipinski definition) is 4. The molecule has 1 fully saturated rings. The second-order valence-corrected chi connectivity index (χ2v) is 7.70. The maximum absolute atomic E-state index is 12.6. The van der Waals surface area contributed by atoms with E-state index in [0.29, 0.717) is 23.7 Å². The van der Waals surface area contributed by atoms with Crippen LogP contribution in [0.2, 0.25) is 5.02 Å². The van der Waals surface area contributed by atoms with Gasteiger partial charge in [-0.1, -0.05) is 35.1 Å². The van der Waals surface area contributed by atoms with Crippen LogP contribution in [0.4, 0.5) is 5.13 Å². The molecule has 0 N–H and O–H groups in total. The first-order valence-corrected chi connectivity index (χ1v) is 9.46. The smallest absolute Gasteiger partial charge is 0.254 e. The van der Waals surface area contributed by atoms with E-state index in [1.54, 1.807) is 23.5 Å². The number of rotatable bonds is 2. The molecule has 6 heteroatoms. The van der Waals surface area contributed by atoms with Gasteiger partial charge in [0.05, 0.1) is 10.2 Å². The molecule has 0 saturated carbocycles. The van der Waals surface area contributed by atoms with E-state index in [-0.39, 0.29) is 5.91 Å². The number of thiazole rings is 1. The Bertz CT molecular complexity index is 931. The number of hydrogen-bond donors (Lipinski definition) is 0. The Morgan fingerprint density at radius 3 is 2.68 bits per heavy atom. The quantitative estimate of drug-likeness (QED) is 0.676. The summed E-state index contributed by atoms with van der Waals surface area (Å²) in [7, 11) is 0. The first kappa shape index (κ1) is 16.4. The summed E-state index contributed by atoms with van der Waals surface area (Å²) < 4.78 is 1.22. The van der Waals surface area contributed by atoms with Gasteiger partial charge in [0.15, 0.2) is 5.13 Å². The standard InChI is InChI=1S/C19H18ClN3OS/c1-13-5-6-16-17(11-13)25-19(21-16)23-9-7-22(8-10-23)18(24)14-3-2-4-15(20)12-14/h2-6,11-12H,7-10H2,1H3. The number of fused-ring (bicyclic) bond motifs is 1. The van der Waals surface area contributed by atoms with E-state index in [1.807, 2.05) is 17.0 Å². The number of aryl methyl sites for hydroxylation is 1. The van der Waals surface area contributed by atoms with Gasteiger partial charge in [0.1, 0.15) is 0 Å². The van der Waals surface area contributed by atoms with Crippen LogP contribution in [0.15, 0.2) is 42.5 Å². The molecule has 25 heavy (non-hydrogen) atoms. The van der Waals surface area contributed by atoms with Crippen molar-refractivity contribution >= 4 is 44.2 Å². The lowest BCUT2D eigenvalue weighted by Crippen LogP contribution is -2.48. The van der Waals surface area contributed by atoms with E-state index in [4.69, 9.17) is 16.6 Å². The largest absolute Gasteiger partial charge is 0.345 e. The van der Waals surface area contributed by atoms with E-state index >= 15 is 0 Å². The third-order valence-electron chi connectivity index (χ3n) is 4.44. The Hall–Kier alpha value is -2.11. The molecule has 1 aliphatic rings. The van der Waals surface area contributed by atoms with E-state index in [1.165, 1.54) is 10.3 Å². The summed E-state index contributed by atoms with van der Waals surface area (Å²) in [6.07, 6.45) is 0. The van der Waals surface area contributed by atoms with Gasteiger partial charge in [0.25, 0.3) is 5.91 Å². The first-order valence-electron chi connectivity index (χ1n) is 8.27. The third-order valence-corrected chi connectivity index (χ3v) is 5.76. The Morgan fingerprint density at radius 2 is 1.92 bits per heavy atom. The molecule has 0 aliphatic carbocycles. The molecule has 4 rings (SSSR count). The Balaban J connectivity index is 1.46. The van der Waals surface area contributed by atoms with E-state index in [9.17, 15) is 4.79 Å². The second-order valence-electron chi connectivity index (χ2n) is 6.26. The van der Waals surface area contributed by atoms with Crippen LogP contribution >= 0.6 is 22.9 Å². The van der Waals surface area contributed by atoms with Gasteiger partial charge in [0.2, 0.25) is 0 Å². The van der Waals surface area contributed by atoms with Crippen LogP contribution < -0.4 is 4.90 Å². The van der Waals surface area contributed by atoms with Crippen molar-refractivity contribution in [3.8, 4) is 0 Å². The fraction of sp³-hybridized carbons (Fsp3) is 0.263. The second kappa shape index (κ2) is 6.65. The minimum Gasteiger partial charge on any atom is -0.345 e. The summed E-state index contributed by atoms with van der Waals surface area (Å²) >= 11 is 7.71. The molecule has 3 aromatic rings. The molecule has 0 radical (unpaired) electrons. The van der Waals surface area contributed by atoms with Crippen LogP contribution in [0.3, 0.4) is 0 Å². The van der Waals surface area contributed by atoms with Crippen molar-refractivity contribution in [3.05, 3.63) is 58.6 Å². The lowest BCUT2D eigenvalue weighted by atomic mass is 10.2. The summed E-state index contributed by atoms with van der Waals surface area (Å²) in [6, 6.07) is 13.5. The van der Waals surface area contributed by atoms with Crippen molar-refractivity contribution in [2.24, 2.45) is 0 Å². The first-order chi connectivity index (χ1) is 12.1. The highest BCUT2D eigenvalue weighted by molar-refractivity contribution is 7.22. The van der Waals surface area contributed by atoms with E-state index in [2.05, 4.69) is 30.0 Å². The van der Waals surface area contributed by atoms with Crippen LogP contribution in [-0.2, 0) is 0 Å². The lowest BCUT2D eigenvalue weighted by Gasteiger charge is -2.34. The highest BCUT2D eigenvalue weighted by atomic mass is 35.5. The SMILES string of the molecule is Cc1ccc2nc(N3CCN(C(=O)c4cccc(Cl)c4)CC3)sc2c1. The van der Waals surface area contributed by atoms with Gasteiger partial charge in [-0.15, -0.1) is 0 Å². The predicted octanol–water partition coefficient (Wildman–Crippen LogP) is 4.22. The van der Waals surface area contributed by atoms with Crippen LogP contribution in [0.25, 0.3) is 10.2 Å². The molecule has 1 aromatic heterocycles. The minimum atomic E-state index is 0.0436. The molecule has 128 valence electrons. The van der Waals surface area contributed by atoms with Crippen molar-refractivity contribution in [1.82, 2.24) is 9.88 Å². The van der Waals surface area contributed by atoms with E-state index in [0.717, 1.165) is 23.7 Å². The van der Waals surface area contributed by atoms with Crippen molar-refractivity contribution in [2.45, 2.75) is 6.92 Å². The van der Waals surface area contributed by atoms with Crippen molar-refractivity contribution in [2.75, 3.05) is 31.1 Å². The van der Waals surface area contributed by atoms with Gasteiger partial charge >= 0.3 is 0 Å². The molecule has 4 nitrogen and oxygen atoms in total. The monoisotopic (exact) mass is 371 g/mol. The zero-order valence-electron chi connectivity index (χ0n) is 13.9. The van der Waals surface area contributed by atoms with Gasteiger partial charge < -0.3 is 9.80 Å². The number of aromatic nitrogens is 1. The van der Waals surface area contributed by atoms with E-state index < -0.39 is 0 Å². The van der Waals surface area contributed by atoms with Crippen LogP contribution in [0.5, 0.6) is 0 Å². The van der Waals surface area contributed by atoms with Crippen LogP contribution in [0.1, 0.15) is 15.9 Å².